The third kappa shape index (κ3) is 3.75. The number of carboxylic acid groups (broad SMARTS) is 1. The molecule has 1 aliphatic rings. The number of aliphatic carboxylic acids is 1. The zero-order valence-electron chi connectivity index (χ0n) is 12.4. The highest BCUT2D eigenvalue weighted by Gasteiger charge is 2.42. The van der Waals surface area contributed by atoms with E-state index in [4.69, 9.17) is 0 Å². The van der Waals surface area contributed by atoms with Gasteiger partial charge in [-0.05, 0) is 50.0 Å². The Kier molecular flexibility index (Phi) is 4.88. The van der Waals surface area contributed by atoms with E-state index in [9.17, 15) is 14.7 Å². The monoisotopic (exact) mass is 310 g/mol. The predicted octanol–water partition coefficient (Wildman–Crippen LogP) is 3.14. The van der Waals surface area contributed by atoms with Crippen molar-refractivity contribution in [1.29, 1.82) is 0 Å². The summed E-state index contributed by atoms with van der Waals surface area (Å²) in [6.07, 6.45) is 2.63. The average molecular weight is 310 g/mol. The smallest absolute Gasteiger partial charge is 0.329 e. The SMILES string of the molecule is CC1CCC(NC(=O)NC(C)c2cccs2)(C(=O)O)CC1. The zero-order valence-corrected chi connectivity index (χ0v) is 13.2. The van der Waals surface area contributed by atoms with E-state index < -0.39 is 17.5 Å². The minimum atomic E-state index is -1.12. The van der Waals surface area contributed by atoms with Gasteiger partial charge in [0.25, 0.3) is 0 Å². The van der Waals surface area contributed by atoms with Crippen molar-refractivity contribution in [2.24, 2.45) is 5.92 Å². The van der Waals surface area contributed by atoms with Gasteiger partial charge in [0.1, 0.15) is 5.54 Å². The Morgan fingerprint density at radius 2 is 2.10 bits per heavy atom. The van der Waals surface area contributed by atoms with Crippen LogP contribution in [0.25, 0.3) is 0 Å². The third-order valence-corrected chi connectivity index (χ3v) is 5.26. The van der Waals surface area contributed by atoms with Gasteiger partial charge < -0.3 is 15.7 Å². The van der Waals surface area contributed by atoms with Crippen LogP contribution in [0.3, 0.4) is 0 Å². The zero-order chi connectivity index (χ0) is 15.5. The molecule has 1 aliphatic carbocycles. The number of carbonyl (C=O) groups excluding carboxylic acids is 1. The molecule has 0 aliphatic heterocycles. The number of carbonyl (C=O) groups is 2. The van der Waals surface area contributed by atoms with Gasteiger partial charge in [-0.3, -0.25) is 0 Å². The van der Waals surface area contributed by atoms with Gasteiger partial charge in [0.2, 0.25) is 0 Å². The first-order valence-electron chi connectivity index (χ1n) is 7.28. The number of urea groups is 1. The van der Waals surface area contributed by atoms with Crippen LogP contribution >= 0.6 is 11.3 Å². The number of hydrogen-bond donors (Lipinski definition) is 3. The molecule has 1 fully saturated rings. The van der Waals surface area contributed by atoms with Crippen LogP contribution in [0.15, 0.2) is 17.5 Å². The normalized spacial score (nSPS) is 26.9. The molecule has 1 heterocycles. The fraction of sp³-hybridized carbons (Fsp3) is 0.600. The number of hydrogen-bond acceptors (Lipinski definition) is 3. The summed E-state index contributed by atoms with van der Waals surface area (Å²) >= 11 is 1.57. The Hall–Kier alpha value is -1.56. The second-order valence-electron chi connectivity index (χ2n) is 5.91. The maximum atomic E-state index is 12.1. The summed E-state index contributed by atoms with van der Waals surface area (Å²) in [5, 5.41) is 17.0. The van der Waals surface area contributed by atoms with Gasteiger partial charge in [-0.25, -0.2) is 9.59 Å². The maximum Gasteiger partial charge on any atom is 0.329 e. The first-order chi connectivity index (χ1) is 9.93. The lowest BCUT2D eigenvalue weighted by atomic mass is 9.77. The molecule has 2 rings (SSSR count). The fourth-order valence-electron chi connectivity index (χ4n) is 2.71. The Morgan fingerprint density at radius 1 is 1.43 bits per heavy atom. The molecule has 1 aromatic heterocycles. The number of carboxylic acids is 1. The molecule has 1 atom stereocenters. The van der Waals surface area contributed by atoms with Gasteiger partial charge in [0.15, 0.2) is 0 Å². The fourth-order valence-corrected chi connectivity index (χ4v) is 3.44. The highest BCUT2D eigenvalue weighted by molar-refractivity contribution is 7.10. The highest BCUT2D eigenvalue weighted by Crippen LogP contribution is 2.32. The predicted molar refractivity (Wildman–Crippen MR) is 82.4 cm³/mol. The Morgan fingerprint density at radius 3 is 2.62 bits per heavy atom. The molecule has 116 valence electrons. The van der Waals surface area contributed by atoms with E-state index >= 15 is 0 Å². The van der Waals surface area contributed by atoms with Crippen LogP contribution in [0.1, 0.15) is 50.4 Å². The molecule has 1 aromatic rings. The molecule has 0 radical (unpaired) electrons. The number of rotatable bonds is 4. The molecule has 0 saturated heterocycles. The van der Waals surface area contributed by atoms with Crippen molar-refractivity contribution in [3.05, 3.63) is 22.4 Å². The standard InChI is InChI=1S/C15H22N2O3S/c1-10-5-7-15(8-6-10,13(18)19)17-14(20)16-11(2)12-4-3-9-21-12/h3-4,9-11H,5-8H2,1-2H3,(H,18,19)(H2,16,17,20). The first kappa shape index (κ1) is 15.8. The van der Waals surface area contributed by atoms with E-state index in [0.717, 1.165) is 17.7 Å². The molecular formula is C15H22N2O3S. The van der Waals surface area contributed by atoms with Gasteiger partial charge in [-0.15, -0.1) is 11.3 Å². The molecule has 0 spiro atoms. The van der Waals surface area contributed by atoms with Gasteiger partial charge in [-0.2, -0.15) is 0 Å². The lowest BCUT2D eigenvalue weighted by Crippen LogP contribution is -2.58. The molecule has 1 saturated carbocycles. The van der Waals surface area contributed by atoms with Crippen LogP contribution in [-0.4, -0.2) is 22.6 Å². The number of thiophene rings is 1. The van der Waals surface area contributed by atoms with Gasteiger partial charge in [0, 0.05) is 4.88 Å². The summed E-state index contributed by atoms with van der Waals surface area (Å²) in [5.41, 5.74) is -1.12. The van der Waals surface area contributed by atoms with Crippen molar-refractivity contribution in [2.45, 2.75) is 51.1 Å². The molecular weight excluding hydrogens is 288 g/mol. The third-order valence-electron chi connectivity index (χ3n) is 4.21. The van der Waals surface area contributed by atoms with Crippen molar-refractivity contribution >= 4 is 23.3 Å². The topological polar surface area (TPSA) is 78.4 Å². The molecule has 3 N–H and O–H groups in total. The molecule has 0 bridgehead atoms. The van der Waals surface area contributed by atoms with E-state index in [2.05, 4.69) is 17.6 Å². The van der Waals surface area contributed by atoms with Crippen LogP contribution in [0, 0.1) is 5.92 Å². The van der Waals surface area contributed by atoms with Crippen LogP contribution in [0.5, 0.6) is 0 Å². The van der Waals surface area contributed by atoms with Crippen molar-refractivity contribution in [2.75, 3.05) is 0 Å². The summed E-state index contributed by atoms with van der Waals surface area (Å²) in [5.74, 6) is -0.416. The summed E-state index contributed by atoms with van der Waals surface area (Å²) < 4.78 is 0. The Balaban J connectivity index is 1.97. The van der Waals surface area contributed by atoms with E-state index in [0.29, 0.717) is 18.8 Å². The van der Waals surface area contributed by atoms with Crippen molar-refractivity contribution in [3.63, 3.8) is 0 Å². The Labute approximate surface area is 128 Å². The van der Waals surface area contributed by atoms with Crippen molar-refractivity contribution in [3.8, 4) is 0 Å². The average Bonchev–Trinajstić information content (AvgIpc) is 2.95. The highest BCUT2D eigenvalue weighted by atomic mass is 32.1. The summed E-state index contributed by atoms with van der Waals surface area (Å²) in [7, 11) is 0. The summed E-state index contributed by atoms with van der Waals surface area (Å²) in [6, 6.07) is 3.34. The van der Waals surface area contributed by atoms with Crippen LogP contribution < -0.4 is 10.6 Å². The summed E-state index contributed by atoms with van der Waals surface area (Å²) in [4.78, 5) is 24.8. The largest absolute Gasteiger partial charge is 0.480 e. The second kappa shape index (κ2) is 6.47. The van der Waals surface area contributed by atoms with Crippen LogP contribution in [-0.2, 0) is 4.79 Å². The molecule has 21 heavy (non-hydrogen) atoms. The molecule has 5 nitrogen and oxygen atoms in total. The molecule has 6 heteroatoms. The van der Waals surface area contributed by atoms with Crippen molar-refractivity contribution < 1.29 is 14.7 Å². The van der Waals surface area contributed by atoms with Crippen molar-refractivity contribution in [1.82, 2.24) is 10.6 Å². The van der Waals surface area contributed by atoms with Gasteiger partial charge >= 0.3 is 12.0 Å². The second-order valence-corrected chi connectivity index (χ2v) is 6.88. The molecule has 0 aromatic carbocycles. The minimum Gasteiger partial charge on any atom is -0.480 e. The van der Waals surface area contributed by atoms with Gasteiger partial charge in [0.05, 0.1) is 6.04 Å². The van der Waals surface area contributed by atoms with E-state index in [1.54, 1.807) is 11.3 Å². The van der Waals surface area contributed by atoms with Crippen LogP contribution in [0.2, 0.25) is 0 Å². The lowest BCUT2D eigenvalue weighted by Gasteiger charge is -2.36. The molecule has 2 amide bonds. The van der Waals surface area contributed by atoms with E-state index in [-0.39, 0.29) is 6.04 Å². The number of nitrogens with one attached hydrogen (secondary N) is 2. The summed E-state index contributed by atoms with van der Waals surface area (Å²) in [6.45, 7) is 4.01. The molecule has 1 unspecified atom stereocenters. The number of amides is 2. The van der Waals surface area contributed by atoms with E-state index in [1.807, 2.05) is 24.4 Å². The van der Waals surface area contributed by atoms with Gasteiger partial charge in [-0.1, -0.05) is 13.0 Å². The van der Waals surface area contributed by atoms with Crippen LogP contribution in [0.4, 0.5) is 4.79 Å². The first-order valence-corrected chi connectivity index (χ1v) is 8.16. The Bertz CT molecular complexity index is 493. The quantitative estimate of drug-likeness (QED) is 0.799. The lowest BCUT2D eigenvalue weighted by molar-refractivity contribution is -0.146. The maximum absolute atomic E-state index is 12.1. The van der Waals surface area contributed by atoms with E-state index in [1.165, 1.54) is 0 Å². The minimum absolute atomic E-state index is 0.127.